The highest BCUT2D eigenvalue weighted by atomic mass is 32.2. The monoisotopic (exact) mass is 342 g/mol. The predicted octanol–water partition coefficient (Wildman–Crippen LogP) is 1.91. The standard InChI is InChI=1S/C16H26N2O4S/c1-5-13(4)18-16(19)11-22-14-6-8-15(9-7-14)23(20,21)17-10-12(2)3/h6-9,12-13,17H,5,10-11H2,1-4H3,(H,18,19)/t13-/m0/s1. The lowest BCUT2D eigenvalue weighted by molar-refractivity contribution is -0.123. The van der Waals surface area contributed by atoms with Crippen LogP contribution in [-0.4, -0.2) is 33.5 Å². The minimum atomic E-state index is -3.51. The summed E-state index contributed by atoms with van der Waals surface area (Å²) in [5.41, 5.74) is 0. The van der Waals surface area contributed by atoms with Crippen molar-refractivity contribution >= 4 is 15.9 Å². The van der Waals surface area contributed by atoms with Crippen LogP contribution in [0.1, 0.15) is 34.1 Å². The van der Waals surface area contributed by atoms with E-state index in [9.17, 15) is 13.2 Å². The third kappa shape index (κ3) is 7.00. The molecule has 23 heavy (non-hydrogen) atoms. The van der Waals surface area contributed by atoms with E-state index in [2.05, 4.69) is 10.0 Å². The number of hydrogen-bond acceptors (Lipinski definition) is 4. The number of benzene rings is 1. The highest BCUT2D eigenvalue weighted by Crippen LogP contribution is 2.16. The molecule has 0 radical (unpaired) electrons. The Kier molecular flexibility index (Phi) is 7.51. The van der Waals surface area contributed by atoms with Crippen LogP contribution in [0.3, 0.4) is 0 Å². The summed E-state index contributed by atoms with van der Waals surface area (Å²) in [5.74, 6) is 0.484. The van der Waals surface area contributed by atoms with Crippen molar-refractivity contribution < 1.29 is 17.9 Å². The number of amides is 1. The molecule has 0 aromatic heterocycles. The van der Waals surface area contributed by atoms with Gasteiger partial charge in [-0.05, 0) is 43.5 Å². The molecule has 1 aromatic carbocycles. The molecule has 1 atom stereocenters. The second-order valence-corrected chi connectivity index (χ2v) is 7.65. The van der Waals surface area contributed by atoms with Gasteiger partial charge in [0.1, 0.15) is 5.75 Å². The fourth-order valence-electron chi connectivity index (χ4n) is 1.64. The summed E-state index contributed by atoms with van der Waals surface area (Å²) in [4.78, 5) is 11.8. The van der Waals surface area contributed by atoms with Gasteiger partial charge in [-0.1, -0.05) is 20.8 Å². The van der Waals surface area contributed by atoms with E-state index in [1.54, 1.807) is 12.1 Å². The maximum absolute atomic E-state index is 12.1. The van der Waals surface area contributed by atoms with Crippen LogP contribution in [0, 0.1) is 5.92 Å². The normalized spacial score (nSPS) is 12.9. The van der Waals surface area contributed by atoms with E-state index in [0.29, 0.717) is 12.3 Å². The number of ether oxygens (including phenoxy) is 1. The van der Waals surface area contributed by atoms with Crippen molar-refractivity contribution in [3.05, 3.63) is 24.3 Å². The topological polar surface area (TPSA) is 84.5 Å². The van der Waals surface area contributed by atoms with E-state index in [-0.39, 0.29) is 29.4 Å². The second-order valence-electron chi connectivity index (χ2n) is 5.88. The molecule has 0 saturated heterocycles. The number of carbonyl (C=O) groups is 1. The smallest absolute Gasteiger partial charge is 0.258 e. The van der Waals surface area contributed by atoms with Crippen LogP contribution >= 0.6 is 0 Å². The molecule has 0 saturated carbocycles. The van der Waals surface area contributed by atoms with E-state index in [1.807, 2.05) is 27.7 Å². The first-order valence-electron chi connectivity index (χ1n) is 7.76. The van der Waals surface area contributed by atoms with Gasteiger partial charge in [-0.15, -0.1) is 0 Å². The van der Waals surface area contributed by atoms with Crippen LogP contribution in [0.25, 0.3) is 0 Å². The Labute approximate surface area is 138 Å². The highest BCUT2D eigenvalue weighted by molar-refractivity contribution is 7.89. The summed E-state index contributed by atoms with van der Waals surface area (Å²) < 4.78 is 32.0. The molecular weight excluding hydrogens is 316 g/mol. The van der Waals surface area contributed by atoms with Gasteiger partial charge in [0.15, 0.2) is 6.61 Å². The zero-order chi connectivity index (χ0) is 17.5. The Morgan fingerprint density at radius 1 is 1.17 bits per heavy atom. The van der Waals surface area contributed by atoms with Crippen molar-refractivity contribution in [2.45, 2.75) is 45.1 Å². The third-order valence-electron chi connectivity index (χ3n) is 3.21. The van der Waals surface area contributed by atoms with Crippen molar-refractivity contribution in [2.75, 3.05) is 13.2 Å². The highest BCUT2D eigenvalue weighted by Gasteiger charge is 2.14. The second kappa shape index (κ2) is 8.88. The van der Waals surface area contributed by atoms with Gasteiger partial charge < -0.3 is 10.1 Å². The summed E-state index contributed by atoms with van der Waals surface area (Å²) in [7, 11) is -3.51. The van der Waals surface area contributed by atoms with Gasteiger partial charge in [0.25, 0.3) is 5.91 Å². The molecule has 6 nitrogen and oxygen atoms in total. The molecule has 1 aromatic rings. The molecule has 0 aliphatic heterocycles. The minimum Gasteiger partial charge on any atom is -0.484 e. The van der Waals surface area contributed by atoms with Crippen molar-refractivity contribution in [2.24, 2.45) is 5.92 Å². The molecule has 2 N–H and O–H groups in total. The van der Waals surface area contributed by atoms with Crippen molar-refractivity contribution in [1.82, 2.24) is 10.0 Å². The lowest BCUT2D eigenvalue weighted by atomic mass is 10.2. The van der Waals surface area contributed by atoms with E-state index >= 15 is 0 Å². The van der Waals surface area contributed by atoms with Crippen LogP contribution in [0.2, 0.25) is 0 Å². The fourth-order valence-corrected chi connectivity index (χ4v) is 2.86. The van der Waals surface area contributed by atoms with Crippen molar-refractivity contribution in [3.63, 3.8) is 0 Å². The summed E-state index contributed by atoms with van der Waals surface area (Å²) >= 11 is 0. The molecular formula is C16H26N2O4S. The molecule has 0 spiro atoms. The molecule has 1 amide bonds. The first-order valence-corrected chi connectivity index (χ1v) is 9.24. The summed E-state index contributed by atoms with van der Waals surface area (Å²) in [6.45, 7) is 8.06. The molecule has 0 fully saturated rings. The molecule has 130 valence electrons. The molecule has 0 bridgehead atoms. The maximum Gasteiger partial charge on any atom is 0.258 e. The first kappa shape index (κ1) is 19.4. The zero-order valence-corrected chi connectivity index (χ0v) is 14.9. The Morgan fingerprint density at radius 3 is 2.30 bits per heavy atom. The Balaban J connectivity index is 2.58. The van der Waals surface area contributed by atoms with Crippen LogP contribution in [0.4, 0.5) is 0 Å². The first-order chi connectivity index (χ1) is 10.7. The van der Waals surface area contributed by atoms with Crippen molar-refractivity contribution in [3.8, 4) is 5.75 Å². The van der Waals surface area contributed by atoms with E-state index in [0.717, 1.165) is 6.42 Å². The number of rotatable bonds is 9. The summed E-state index contributed by atoms with van der Waals surface area (Å²) in [6, 6.07) is 6.11. The van der Waals surface area contributed by atoms with Gasteiger partial charge in [-0.25, -0.2) is 13.1 Å². The average Bonchev–Trinajstić information content (AvgIpc) is 2.51. The largest absolute Gasteiger partial charge is 0.484 e. The van der Waals surface area contributed by atoms with Gasteiger partial charge in [0.2, 0.25) is 10.0 Å². The summed E-state index contributed by atoms with van der Waals surface area (Å²) in [6.07, 6.45) is 0.849. The number of carbonyl (C=O) groups excluding carboxylic acids is 1. The quantitative estimate of drug-likeness (QED) is 0.718. The summed E-state index contributed by atoms with van der Waals surface area (Å²) in [5, 5.41) is 2.79. The van der Waals surface area contributed by atoms with Gasteiger partial charge >= 0.3 is 0 Å². The van der Waals surface area contributed by atoms with E-state index in [4.69, 9.17) is 4.74 Å². The van der Waals surface area contributed by atoms with Crippen LogP contribution in [-0.2, 0) is 14.8 Å². The van der Waals surface area contributed by atoms with Gasteiger partial charge in [0.05, 0.1) is 4.90 Å². The Bertz CT molecular complexity index is 597. The zero-order valence-electron chi connectivity index (χ0n) is 14.1. The maximum atomic E-state index is 12.1. The molecule has 0 unspecified atom stereocenters. The number of hydrogen-bond donors (Lipinski definition) is 2. The fraction of sp³-hybridized carbons (Fsp3) is 0.562. The van der Waals surface area contributed by atoms with Crippen LogP contribution in [0.5, 0.6) is 5.75 Å². The SMILES string of the molecule is CC[C@H](C)NC(=O)COc1ccc(S(=O)(=O)NCC(C)C)cc1. The van der Waals surface area contributed by atoms with Crippen LogP contribution in [0.15, 0.2) is 29.2 Å². The van der Waals surface area contributed by atoms with Gasteiger partial charge in [-0.3, -0.25) is 4.79 Å². The van der Waals surface area contributed by atoms with E-state index < -0.39 is 10.0 Å². The lowest BCUT2D eigenvalue weighted by Crippen LogP contribution is -2.35. The van der Waals surface area contributed by atoms with Gasteiger partial charge in [-0.2, -0.15) is 0 Å². The van der Waals surface area contributed by atoms with Gasteiger partial charge in [0, 0.05) is 12.6 Å². The van der Waals surface area contributed by atoms with Crippen molar-refractivity contribution in [1.29, 1.82) is 0 Å². The molecule has 0 heterocycles. The number of nitrogens with one attached hydrogen (secondary N) is 2. The molecule has 0 aliphatic rings. The number of sulfonamides is 1. The third-order valence-corrected chi connectivity index (χ3v) is 4.64. The molecule has 7 heteroatoms. The predicted molar refractivity (Wildman–Crippen MR) is 89.9 cm³/mol. The van der Waals surface area contributed by atoms with Crippen LogP contribution < -0.4 is 14.8 Å². The Morgan fingerprint density at radius 2 is 1.78 bits per heavy atom. The lowest BCUT2D eigenvalue weighted by Gasteiger charge is -2.12. The Hall–Kier alpha value is -1.60. The minimum absolute atomic E-state index is 0.0952. The van der Waals surface area contributed by atoms with E-state index in [1.165, 1.54) is 12.1 Å². The average molecular weight is 342 g/mol. The molecule has 0 aliphatic carbocycles. The molecule has 1 rings (SSSR count).